The van der Waals surface area contributed by atoms with Crippen molar-refractivity contribution in [2.45, 2.75) is 148 Å². The molecule has 1 aliphatic rings. The highest BCUT2D eigenvalue weighted by atomic mass is 28.4. The molecule has 5 rings (SSSR count). The van der Waals surface area contributed by atoms with Crippen LogP contribution in [-0.4, -0.2) is 94.2 Å². The third-order valence-corrected chi connectivity index (χ3v) is 22.7. The number of nitrogens with zero attached hydrogens (tertiary/aromatic N) is 3. The van der Waals surface area contributed by atoms with Gasteiger partial charge in [-0.2, -0.15) is 0 Å². The van der Waals surface area contributed by atoms with E-state index in [1.807, 2.05) is 61.4 Å². The number of amides is 2. The molecule has 4 aromatic rings. The molecule has 0 spiro atoms. The number of hydrazine groups is 1. The Hall–Kier alpha value is -4.41. The van der Waals surface area contributed by atoms with Crippen molar-refractivity contribution in [2.24, 2.45) is 0 Å². The van der Waals surface area contributed by atoms with Gasteiger partial charge >= 0.3 is 6.09 Å². The Kier molecular flexibility index (Phi) is 16.5. The molecule has 0 saturated heterocycles. The molecule has 2 amide bonds. The summed E-state index contributed by atoms with van der Waals surface area (Å²) in [4.78, 5) is 54.8. The lowest BCUT2D eigenvalue weighted by Gasteiger charge is -2.44. The first-order valence-electron chi connectivity index (χ1n) is 23.0. The van der Waals surface area contributed by atoms with Crippen molar-refractivity contribution in [1.82, 2.24) is 19.9 Å². The summed E-state index contributed by atoms with van der Waals surface area (Å²) in [7, 11) is -1.45. The quantitative estimate of drug-likeness (QED) is 0.0499. The maximum Gasteiger partial charge on any atom is 0.424 e. The highest BCUT2D eigenvalue weighted by Gasteiger charge is 2.48. The van der Waals surface area contributed by atoms with Crippen molar-refractivity contribution in [1.29, 1.82) is 0 Å². The van der Waals surface area contributed by atoms with Gasteiger partial charge in [0, 0.05) is 63.6 Å². The van der Waals surface area contributed by atoms with Crippen molar-refractivity contribution < 1.29 is 32.8 Å². The van der Waals surface area contributed by atoms with Crippen LogP contribution < -0.4 is 5.32 Å². The Labute approximate surface area is 384 Å². The molecule has 64 heavy (non-hydrogen) atoms. The number of carbonyl (C=O) groups excluding carboxylic acids is 4. The molecule has 0 aliphatic heterocycles. The molecule has 348 valence electrons. The molecule has 13 heteroatoms. The minimum atomic E-state index is -2.53. The summed E-state index contributed by atoms with van der Waals surface area (Å²) in [5.41, 5.74) is 6.64. The summed E-state index contributed by atoms with van der Waals surface area (Å²) in [6.07, 6.45) is -0.585. The first-order valence-corrected chi connectivity index (χ1v) is 28.8. The lowest BCUT2D eigenvalue weighted by atomic mass is 9.98. The van der Waals surface area contributed by atoms with E-state index in [4.69, 9.17) is 13.6 Å². The van der Waals surface area contributed by atoms with E-state index in [9.17, 15) is 19.2 Å². The normalized spacial score (nSPS) is 14.3. The molecular weight excluding hydrogens is 837 g/mol. The molecule has 11 nitrogen and oxygen atoms in total. The Morgan fingerprint density at radius 1 is 0.750 bits per heavy atom. The van der Waals surface area contributed by atoms with Crippen LogP contribution >= 0.6 is 0 Å². The smallest absolute Gasteiger partial charge is 0.424 e. The maximum absolute atomic E-state index is 14.1. The average Bonchev–Trinajstić information content (AvgIpc) is 3.75. The van der Waals surface area contributed by atoms with E-state index in [1.54, 1.807) is 7.05 Å². The molecule has 0 radical (unpaired) electrons. The standard InChI is InChI=1S/C51H74N4O7Si2/c1-14-22-45(57)46(61-63(10,11)50(2,3)4)47(62-64(12,13)51(5,6)7)48(58)52-31-21-24-38(56)30-32-55-37(33-36-23-15-20-29-44(36)55)34-53(8)54(9)49(59)60-35-43-41-27-18-16-25-39(41)40-26-17-19-28-42(40)43/h15-20,23,25-29,33,43,46-47H,14,21-22,24,30-32,34-35H2,1-13H3,(H,52,58)/t46-,47-/m1/s1. The molecule has 0 bridgehead atoms. The SMILES string of the molecule is CCCC(=O)[C@@H](O[Si](C)(C)C(C)(C)C)[C@@H](O[Si](C)(C)C(C)(C)C)C(=O)NCCCC(=O)CCn1c(CN(C)N(C)C(=O)OCC2c3ccccc3-c3ccccc32)cc2ccccc21. The summed E-state index contributed by atoms with van der Waals surface area (Å²) in [6.45, 7) is 24.4. The Bertz CT molecular complexity index is 2230. The Morgan fingerprint density at radius 3 is 1.88 bits per heavy atom. The number of benzene rings is 3. The molecule has 1 N–H and O–H groups in total. The predicted molar refractivity (Wildman–Crippen MR) is 262 cm³/mol. The van der Waals surface area contributed by atoms with E-state index < -0.39 is 34.9 Å². The number of ketones is 2. The monoisotopic (exact) mass is 911 g/mol. The van der Waals surface area contributed by atoms with Gasteiger partial charge < -0.3 is 23.5 Å². The van der Waals surface area contributed by atoms with Crippen LogP contribution in [0.2, 0.25) is 36.3 Å². The minimum Gasteiger partial charge on any atom is -0.447 e. The number of para-hydroxylation sites is 1. The highest BCUT2D eigenvalue weighted by Crippen LogP contribution is 2.45. The third-order valence-electron chi connectivity index (χ3n) is 13.7. The van der Waals surface area contributed by atoms with Crippen molar-refractivity contribution in [3.05, 3.63) is 95.7 Å². The van der Waals surface area contributed by atoms with Gasteiger partial charge in [0.25, 0.3) is 5.91 Å². The second-order valence-electron chi connectivity index (χ2n) is 20.5. The first-order chi connectivity index (χ1) is 30.0. The number of carbonyl (C=O) groups is 4. The Morgan fingerprint density at radius 2 is 1.30 bits per heavy atom. The fourth-order valence-electron chi connectivity index (χ4n) is 7.72. The number of hydrogen-bond donors (Lipinski definition) is 1. The van der Waals surface area contributed by atoms with Crippen LogP contribution in [-0.2, 0) is 41.1 Å². The van der Waals surface area contributed by atoms with E-state index in [0.717, 1.165) is 27.7 Å². The summed E-state index contributed by atoms with van der Waals surface area (Å²) in [6, 6.07) is 26.7. The minimum absolute atomic E-state index is 0.0368. The zero-order valence-corrected chi connectivity index (χ0v) is 42.8. The highest BCUT2D eigenvalue weighted by molar-refractivity contribution is 6.75. The number of aryl methyl sites for hydroxylation is 1. The zero-order chi connectivity index (χ0) is 47.2. The number of nitrogens with one attached hydrogen (secondary N) is 1. The first kappa shape index (κ1) is 50.6. The lowest BCUT2D eigenvalue weighted by molar-refractivity contribution is -0.142. The van der Waals surface area contributed by atoms with Crippen LogP contribution in [0.3, 0.4) is 0 Å². The molecule has 1 heterocycles. The number of ether oxygens (including phenoxy) is 1. The number of Topliss-reactive ketones (excluding diaryl/α,β-unsaturated/α-hetero) is 2. The molecular formula is C51H74N4O7Si2. The molecule has 0 unspecified atom stereocenters. The van der Waals surface area contributed by atoms with Crippen LogP contribution in [0.5, 0.6) is 0 Å². The molecule has 2 atom stereocenters. The Balaban J connectivity index is 1.19. The van der Waals surface area contributed by atoms with Crippen molar-refractivity contribution in [3.8, 4) is 11.1 Å². The topological polar surface area (TPSA) is 119 Å². The predicted octanol–water partition coefficient (Wildman–Crippen LogP) is 10.9. The van der Waals surface area contributed by atoms with E-state index in [1.165, 1.54) is 16.1 Å². The molecule has 3 aromatic carbocycles. The maximum atomic E-state index is 14.1. The van der Waals surface area contributed by atoms with Crippen LogP contribution in [0.15, 0.2) is 78.9 Å². The summed E-state index contributed by atoms with van der Waals surface area (Å²) in [5.74, 6) is -0.451. The van der Waals surface area contributed by atoms with Crippen LogP contribution in [0, 0.1) is 0 Å². The molecule has 1 aliphatic carbocycles. The third kappa shape index (κ3) is 11.9. The van der Waals surface area contributed by atoms with Crippen molar-refractivity contribution >= 4 is 51.1 Å². The molecule has 1 aromatic heterocycles. The van der Waals surface area contributed by atoms with Gasteiger partial charge in [0.05, 0.1) is 6.54 Å². The van der Waals surface area contributed by atoms with Gasteiger partial charge in [-0.1, -0.05) is 115 Å². The van der Waals surface area contributed by atoms with Crippen LogP contribution in [0.1, 0.15) is 103 Å². The van der Waals surface area contributed by atoms with Crippen LogP contribution in [0.25, 0.3) is 22.0 Å². The largest absolute Gasteiger partial charge is 0.447 e. The zero-order valence-electron chi connectivity index (χ0n) is 40.8. The fraction of sp³-hybridized carbons (Fsp3) is 0.529. The second kappa shape index (κ2) is 20.8. The number of aromatic nitrogens is 1. The van der Waals surface area contributed by atoms with Crippen molar-refractivity contribution in [3.63, 3.8) is 0 Å². The number of fused-ring (bicyclic) bond motifs is 4. The summed E-state index contributed by atoms with van der Waals surface area (Å²) >= 11 is 0. The second-order valence-corrected chi connectivity index (χ2v) is 30.0. The van der Waals surface area contributed by atoms with E-state index in [-0.39, 0.29) is 53.0 Å². The van der Waals surface area contributed by atoms with Crippen LogP contribution in [0.4, 0.5) is 4.79 Å². The van der Waals surface area contributed by atoms with E-state index in [0.29, 0.717) is 38.8 Å². The lowest BCUT2D eigenvalue weighted by Crippen LogP contribution is -2.58. The average molecular weight is 911 g/mol. The van der Waals surface area contributed by atoms with Gasteiger partial charge in [-0.25, -0.2) is 14.8 Å². The van der Waals surface area contributed by atoms with Gasteiger partial charge in [-0.3, -0.25) is 14.4 Å². The van der Waals surface area contributed by atoms with Gasteiger partial charge in [-0.05, 0) is 88.9 Å². The van der Waals surface area contributed by atoms with Gasteiger partial charge in [0.15, 0.2) is 28.5 Å². The van der Waals surface area contributed by atoms with E-state index in [2.05, 4.69) is 114 Å². The van der Waals surface area contributed by atoms with Crippen molar-refractivity contribution in [2.75, 3.05) is 27.2 Å². The van der Waals surface area contributed by atoms with Gasteiger partial charge in [0.1, 0.15) is 18.5 Å². The molecule has 0 fully saturated rings. The summed E-state index contributed by atoms with van der Waals surface area (Å²) in [5, 5.41) is 7.02. The van der Waals surface area contributed by atoms with Gasteiger partial charge in [-0.15, -0.1) is 0 Å². The number of hydrogen-bond acceptors (Lipinski definition) is 8. The summed E-state index contributed by atoms with van der Waals surface area (Å²) < 4.78 is 21.6. The van der Waals surface area contributed by atoms with E-state index >= 15 is 0 Å². The molecule has 0 saturated carbocycles. The fourth-order valence-corrected chi connectivity index (χ4v) is 10.2. The van der Waals surface area contributed by atoms with Gasteiger partial charge in [0.2, 0.25) is 0 Å². The number of rotatable bonds is 21.